The van der Waals surface area contributed by atoms with Crippen LogP contribution in [0.25, 0.3) is 0 Å². The Balaban J connectivity index is 3.33. The predicted octanol–water partition coefficient (Wildman–Crippen LogP) is 1.17. The fraction of sp³-hybridized carbons (Fsp3) is 0.417. The van der Waals surface area contributed by atoms with Gasteiger partial charge >= 0.3 is 5.97 Å². The van der Waals surface area contributed by atoms with E-state index in [2.05, 4.69) is 0 Å². The van der Waals surface area contributed by atoms with E-state index in [-0.39, 0.29) is 0 Å². The van der Waals surface area contributed by atoms with E-state index in [1.54, 1.807) is 19.1 Å². The summed E-state index contributed by atoms with van der Waals surface area (Å²) in [5.74, 6) is -1.02. The van der Waals surface area contributed by atoms with Gasteiger partial charge in [0, 0.05) is 11.1 Å². The Morgan fingerprint density at radius 3 is 2.41 bits per heavy atom. The molecule has 0 fully saturated rings. The van der Waals surface area contributed by atoms with Crippen LogP contribution in [0.3, 0.4) is 0 Å². The number of carboxylic acid groups (broad SMARTS) is 1. The smallest absolute Gasteiger partial charge is 0.313 e. The molecule has 5 heteroatoms. The zero-order valence-corrected chi connectivity index (χ0v) is 10.1. The third-order valence-corrected chi connectivity index (χ3v) is 2.67. The molecule has 2 N–H and O–H groups in total. The second kappa shape index (κ2) is 5.54. The quantitative estimate of drug-likeness (QED) is 0.808. The Bertz CT molecular complexity index is 414. The molecule has 0 spiro atoms. The summed E-state index contributed by atoms with van der Waals surface area (Å²) in [5.41, 5.74) is 1.16. The molecule has 1 atom stereocenters. The van der Waals surface area contributed by atoms with E-state index < -0.39 is 18.5 Å². The Hall–Kier alpha value is -1.75. The molecule has 0 bridgehead atoms. The number of aliphatic hydroxyl groups excluding tert-OH is 1. The van der Waals surface area contributed by atoms with Gasteiger partial charge in [0.15, 0.2) is 0 Å². The number of hydrogen-bond acceptors (Lipinski definition) is 4. The number of carbonyl (C=O) groups is 1. The molecular formula is C12H16O5. The highest BCUT2D eigenvalue weighted by Crippen LogP contribution is 2.35. The number of aliphatic hydroxyl groups is 1. The average Bonchev–Trinajstić information content (AvgIpc) is 2.30. The molecule has 0 saturated heterocycles. The van der Waals surface area contributed by atoms with Gasteiger partial charge < -0.3 is 19.7 Å². The summed E-state index contributed by atoms with van der Waals surface area (Å²) in [6.45, 7) is 1.30. The van der Waals surface area contributed by atoms with Crippen LogP contribution in [0, 0.1) is 6.92 Å². The van der Waals surface area contributed by atoms with Gasteiger partial charge in [-0.2, -0.15) is 0 Å². The van der Waals surface area contributed by atoms with Crippen LogP contribution in [0.15, 0.2) is 12.1 Å². The molecule has 1 aromatic carbocycles. The SMILES string of the molecule is COc1ccc(C(CO)C(=O)O)c(OC)c1C. The lowest BCUT2D eigenvalue weighted by Crippen LogP contribution is -2.17. The van der Waals surface area contributed by atoms with Gasteiger partial charge in [0.05, 0.1) is 20.8 Å². The van der Waals surface area contributed by atoms with Crippen LogP contribution in [0.5, 0.6) is 11.5 Å². The van der Waals surface area contributed by atoms with Gasteiger partial charge in [0.1, 0.15) is 17.4 Å². The first kappa shape index (κ1) is 13.3. The van der Waals surface area contributed by atoms with Crippen LogP contribution in [0.1, 0.15) is 17.0 Å². The minimum absolute atomic E-state index is 0.436. The topological polar surface area (TPSA) is 76.0 Å². The normalized spacial score (nSPS) is 12.0. The molecule has 0 aromatic heterocycles. The third kappa shape index (κ3) is 2.50. The van der Waals surface area contributed by atoms with Gasteiger partial charge in [-0.05, 0) is 13.0 Å². The molecule has 1 unspecified atom stereocenters. The second-order valence-corrected chi connectivity index (χ2v) is 3.59. The average molecular weight is 240 g/mol. The van der Waals surface area contributed by atoms with Crippen molar-refractivity contribution in [2.75, 3.05) is 20.8 Å². The molecular weight excluding hydrogens is 224 g/mol. The van der Waals surface area contributed by atoms with Gasteiger partial charge in [-0.3, -0.25) is 4.79 Å². The molecule has 5 nitrogen and oxygen atoms in total. The lowest BCUT2D eigenvalue weighted by atomic mass is 9.96. The molecule has 94 valence electrons. The maximum atomic E-state index is 11.0. The Morgan fingerprint density at radius 2 is 2.00 bits per heavy atom. The summed E-state index contributed by atoms with van der Waals surface area (Å²) in [6.07, 6.45) is 0. The highest BCUT2D eigenvalue weighted by molar-refractivity contribution is 5.78. The first-order valence-electron chi connectivity index (χ1n) is 5.11. The first-order valence-corrected chi connectivity index (χ1v) is 5.11. The van der Waals surface area contributed by atoms with E-state index in [9.17, 15) is 4.79 Å². The van der Waals surface area contributed by atoms with Gasteiger partial charge in [0.25, 0.3) is 0 Å². The van der Waals surface area contributed by atoms with Gasteiger partial charge in [0.2, 0.25) is 0 Å². The minimum atomic E-state index is -1.09. The minimum Gasteiger partial charge on any atom is -0.496 e. The Morgan fingerprint density at radius 1 is 1.35 bits per heavy atom. The van der Waals surface area contributed by atoms with E-state index in [0.29, 0.717) is 22.6 Å². The number of rotatable bonds is 5. The molecule has 17 heavy (non-hydrogen) atoms. The van der Waals surface area contributed by atoms with Gasteiger partial charge in [-0.25, -0.2) is 0 Å². The molecule has 0 heterocycles. The summed E-state index contributed by atoms with van der Waals surface area (Å²) in [4.78, 5) is 11.0. The fourth-order valence-electron chi connectivity index (χ4n) is 1.77. The van der Waals surface area contributed by atoms with Crippen molar-refractivity contribution in [3.05, 3.63) is 23.3 Å². The highest BCUT2D eigenvalue weighted by Gasteiger charge is 2.24. The maximum absolute atomic E-state index is 11.0. The summed E-state index contributed by atoms with van der Waals surface area (Å²) >= 11 is 0. The van der Waals surface area contributed by atoms with Crippen molar-refractivity contribution in [1.82, 2.24) is 0 Å². The van der Waals surface area contributed by atoms with Crippen molar-refractivity contribution in [3.8, 4) is 11.5 Å². The van der Waals surface area contributed by atoms with Crippen LogP contribution in [0.4, 0.5) is 0 Å². The van der Waals surface area contributed by atoms with E-state index in [1.807, 2.05) is 0 Å². The Kier molecular flexibility index (Phi) is 4.34. The van der Waals surface area contributed by atoms with Crippen molar-refractivity contribution in [2.45, 2.75) is 12.8 Å². The van der Waals surface area contributed by atoms with Crippen molar-refractivity contribution >= 4 is 5.97 Å². The molecule has 0 radical (unpaired) electrons. The van der Waals surface area contributed by atoms with Crippen LogP contribution in [0.2, 0.25) is 0 Å². The number of aliphatic carboxylic acids is 1. The number of methoxy groups -OCH3 is 2. The number of hydrogen-bond donors (Lipinski definition) is 2. The molecule has 0 aliphatic rings. The lowest BCUT2D eigenvalue weighted by Gasteiger charge is -2.17. The molecule has 0 aliphatic heterocycles. The summed E-state index contributed by atoms with van der Waals surface area (Å²) < 4.78 is 10.3. The second-order valence-electron chi connectivity index (χ2n) is 3.59. The zero-order chi connectivity index (χ0) is 13.0. The maximum Gasteiger partial charge on any atom is 0.313 e. The van der Waals surface area contributed by atoms with E-state index in [1.165, 1.54) is 14.2 Å². The van der Waals surface area contributed by atoms with Crippen molar-refractivity contribution < 1.29 is 24.5 Å². The lowest BCUT2D eigenvalue weighted by molar-refractivity contribution is -0.139. The monoisotopic (exact) mass is 240 g/mol. The van der Waals surface area contributed by atoms with Crippen molar-refractivity contribution in [2.24, 2.45) is 0 Å². The molecule has 1 aromatic rings. The van der Waals surface area contributed by atoms with Gasteiger partial charge in [-0.1, -0.05) is 6.07 Å². The van der Waals surface area contributed by atoms with Crippen LogP contribution in [-0.4, -0.2) is 37.0 Å². The molecule has 0 aliphatic carbocycles. The molecule has 1 rings (SSSR count). The van der Waals surface area contributed by atoms with Crippen LogP contribution in [-0.2, 0) is 4.79 Å². The standard InChI is InChI=1S/C12H16O5/c1-7-10(16-2)5-4-8(11(7)17-3)9(6-13)12(14)15/h4-5,9,13H,6H2,1-3H3,(H,14,15). The van der Waals surface area contributed by atoms with Crippen molar-refractivity contribution in [3.63, 3.8) is 0 Å². The fourth-order valence-corrected chi connectivity index (χ4v) is 1.77. The third-order valence-electron chi connectivity index (χ3n) is 2.67. The zero-order valence-electron chi connectivity index (χ0n) is 10.1. The highest BCUT2D eigenvalue weighted by atomic mass is 16.5. The van der Waals surface area contributed by atoms with E-state index in [4.69, 9.17) is 19.7 Å². The first-order chi connectivity index (χ1) is 8.06. The van der Waals surface area contributed by atoms with Crippen LogP contribution < -0.4 is 9.47 Å². The number of ether oxygens (including phenoxy) is 2. The molecule has 0 saturated carbocycles. The summed E-state index contributed by atoms with van der Waals surface area (Å²) in [6, 6.07) is 3.26. The number of benzene rings is 1. The van der Waals surface area contributed by atoms with Crippen LogP contribution >= 0.6 is 0 Å². The Labute approximate surface area is 99.6 Å². The molecule has 0 amide bonds. The predicted molar refractivity (Wildman–Crippen MR) is 61.7 cm³/mol. The largest absolute Gasteiger partial charge is 0.496 e. The van der Waals surface area contributed by atoms with Gasteiger partial charge in [-0.15, -0.1) is 0 Å². The summed E-state index contributed by atoms with van der Waals surface area (Å²) in [5, 5.41) is 18.1. The van der Waals surface area contributed by atoms with E-state index in [0.717, 1.165) is 0 Å². The summed E-state index contributed by atoms with van der Waals surface area (Å²) in [7, 11) is 2.99. The van der Waals surface area contributed by atoms with E-state index >= 15 is 0 Å². The van der Waals surface area contributed by atoms with Crippen molar-refractivity contribution in [1.29, 1.82) is 0 Å². The number of carboxylic acids is 1.